The number of amides is 1. The molecule has 0 saturated carbocycles. The van der Waals surface area contributed by atoms with Gasteiger partial charge in [0.15, 0.2) is 0 Å². The first-order valence-corrected chi connectivity index (χ1v) is 8.08. The summed E-state index contributed by atoms with van der Waals surface area (Å²) in [5, 5.41) is 3.94. The van der Waals surface area contributed by atoms with Gasteiger partial charge in [0.1, 0.15) is 5.82 Å². The fourth-order valence-corrected chi connectivity index (χ4v) is 3.19. The minimum atomic E-state index is -0.553. The molecule has 0 unspecified atom stereocenters. The molecule has 3 rings (SSSR count). The lowest BCUT2D eigenvalue weighted by molar-refractivity contribution is -0.130. The summed E-state index contributed by atoms with van der Waals surface area (Å²) in [6, 6.07) is 9.63. The molecule has 23 heavy (non-hydrogen) atoms. The van der Waals surface area contributed by atoms with Crippen LogP contribution in [0.15, 0.2) is 34.8 Å². The fourth-order valence-electron chi connectivity index (χ4n) is 2.72. The molecule has 1 saturated heterocycles. The summed E-state index contributed by atoms with van der Waals surface area (Å²) in [6.45, 7) is 1.46. The molecule has 1 aliphatic heterocycles. The van der Waals surface area contributed by atoms with Gasteiger partial charge in [-0.15, -0.1) is 12.4 Å². The van der Waals surface area contributed by atoms with Gasteiger partial charge in [-0.2, -0.15) is 0 Å². The molecule has 1 fully saturated rings. The van der Waals surface area contributed by atoms with E-state index in [1.165, 1.54) is 0 Å². The SMILES string of the molecule is Cl.NCC1(C(=O)Nc2ccc3cccc(Br)c3n2)CCOCC1. The second-order valence-corrected chi connectivity index (χ2v) is 6.41. The second kappa shape index (κ2) is 7.57. The molecule has 0 spiro atoms. The lowest BCUT2D eigenvalue weighted by Gasteiger charge is -2.34. The number of halogens is 2. The van der Waals surface area contributed by atoms with Gasteiger partial charge in [0.2, 0.25) is 5.91 Å². The minimum Gasteiger partial charge on any atom is -0.381 e. The predicted octanol–water partition coefficient (Wildman–Crippen LogP) is 3.11. The summed E-state index contributed by atoms with van der Waals surface area (Å²) in [6.07, 6.45) is 1.29. The van der Waals surface area contributed by atoms with E-state index >= 15 is 0 Å². The summed E-state index contributed by atoms with van der Waals surface area (Å²) in [4.78, 5) is 17.2. The van der Waals surface area contributed by atoms with E-state index in [4.69, 9.17) is 10.5 Å². The molecular weight excluding hydrogens is 382 g/mol. The average Bonchev–Trinajstić information content (AvgIpc) is 2.56. The zero-order valence-corrected chi connectivity index (χ0v) is 15.0. The van der Waals surface area contributed by atoms with Crippen molar-refractivity contribution in [3.63, 3.8) is 0 Å². The van der Waals surface area contributed by atoms with Crippen LogP contribution in [-0.2, 0) is 9.53 Å². The highest BCUT2D eigenvalue weighted by molar-refractivity contribution is 9.10. The number of anilines is 1. The molecule has 7 heteroatoms. The van der Waals surface area contributed by atoms with Crippen molar-refractivity contribution in [3.8, 4) is 0 Å². The van der Waals surface area contributed by atoms with Crippen LogP contribution in [0.2, 0.25) is 0 Å². The van der Waals surface area contributed by atoms with Gasteiger partial charge in [-0.1, -0.05) is 12.1 Å². The third-order valence-electron chi connectivity index (χ3n) is 4.23. The highest BCUT2D eigenvalue weighted by Gasteiger charge is 2.38. The molecule has 0 bridgehead atoms. The van der Waals surface area contributed by atoms with Gasteiger partial charge in [0, 0.05) is 29.6 Å². The summed E-state index contributed by atoms with van der Waals surface area (Å²) >= 11 is 3.49. The monoisotopic (exact) mass is 399 g/mol. The number of hydrogen-bond donors (Lipinski definition) is 2. The van der Waals surface area contributed by atoms with E-state index in [0.717, 1.165) is 15.4 Å². The van der Waals surface area contributed by atoms with Crippen molar-refractivity contribution < 1.29 is 9.53 Å². The number of para-hydroxylation sites is 1. The van der Waals surface area contributed by atoms with Crippen LogP contribution in [0.4, 0.5) is 5.82 Å². The molecule has 0 radical (unpaired) electrons. The number of nitrogens with two attached hydrogens (primary N) is 1. The molecule has 1 aromatic heterocycles. The topological polar surface area (TPSA) is 77.2 Å². The Labute approximate surface area is 149 Å². The molecule has 5 nitrogen and oxygen atoms in total. The number of nitrogens with zero attached hydrogens (tertiary/aromatic N) is 1. The number of ether oxygens (including phenoxy) is 1. The number of benzene rings is 1. The summed E-state index contributed by atoms with van der Waals surface area (Å²) < 4.78 is 6.25. The maximum absolute atomic E-state index is 12.6. The molecule has 1 aliphatic rings. The van der Waals surface area contributed by atoms with Gasteiger partial charge in [-0.25, -0.2) is 4.98 Å². The van der Waals surface area contributed by atoms with Gasteiger partial charge in [0.05, 0.1) is 10.9 Å². The third-order valence-corrected chi connectivity index (χ3v) is 4.87. The maximum Gasteiger partial charge on any atom is 0.233 e. The third kappa shape index (κ3) is 3.66. The summed E-state index contributed by atoms with van der Waals surface area (Å²) in [5.41, 5.74) is 6.14. The lowest BCUT2D eigenvalue weighted by atomic mass is 9.79. The van der Waals surface area contributed by atoms with Crippen molar-refractivity contribution in [1.29, 1.82) is 0 Å². The Morgan fingerprint density at radius 1 is 1.30 bits per heavy atom. The molecule has 1 aromatic carbocycles. The first kappa shape index (κ1) is 18.1. The first-order chi connectivity index (χ1) is 10.6. The Kier molecular flexibility index (Phi) is 5.97. The van der Waals surface area contributed by atoms with Crippen molar-refractivity contribution in [2.75, 3.05) is 25.1 Å². The normalized spacial score (nSPS) is 16.6. The van der Waals surface area contributed by atoms with Crippen LogP contribution in [0, 0.1) is 5.41 Å². The molecule has 3 N–H and O–H groups in total. The molecule has 1 amide bonds. The molecule has 124 valence electrons. The van der Waals surface area contributed by atoms with Crippen LogP contribution in [0.3, 0.4) is 0 Å². The molecule has 0 aliphatic carbocycles. The van der Waals surface area contributed by atoms with Gasteiger partial charge >= 0.3 is 0 Å². The molecule has 0 atom stereocenters. The Hall–Kier alpha value is -1.21. The standard InChI is InChI=1S/C16H18BrN3O2.ClH/c17-12-3-1-2-11-4-5-13(19-14(11)12)20-15(21)16(10-18)6-8-22-9-7-16;/h1-5H,6-10,18H2,(H,19,20,21);1H. The van der Waals surface area contributed by atoms with E-state index in [-0.39, 0.29) is 18.3 Å². The Balaban J connectivity index is 0.00000192. The fraction of sp³-hybridized carbons (Fsp3) is 0.375. The summed E-state index contributed by atoms with van der Waals surface area (Å²) in [5.74, 6) is 0.473. The number of pyridine rings is 1. The number of hydrogen-bond acceptors (Lipinski definition) is 4. The molecule has 2 aromatic rings. The maximum atomic E-state index is 12.6. The average molecular weight is 401 g/mol. The van der Waals surface area contributed by atoms with E-state index in [1.54, 1.807) is 0 Å². The van der Waals surface area contributed by atoms with Crippen LogP contribution < -0.4 is 11.1 Å². The number of nitrogens with one attached hydrogen (secondary N) is 1. The quantitative estimate of drug-likeness (QED) is 0.830. The number of carbonyl (C=O) groups is 1. The van der Waals surface area contributed by atoms with E-state index in [9.17, 15) is 4.79 Å². The predicted molar refractivity (Wildman–Crippen MR) is 96.9 cm³/mol. The number of fused-ring (bicyclic) bond motifs is 1. The van der Waals surface area contributed by atoms with Crippen molar-refractivity contribution in [3.05, 3.63) is 34.8 Å². The Bertz CT molecular complexity index is 705. The van der Waals surface area contributed by atoms with Crippen LogP contribution in [0.25, 0.3) is 10.9 Å². The highest BCUT2D eigenvalue weighted by Crippen LogP contribution is 2.31. The van der Waals surface area contributed by atoms with Crippen molar-refractivity contribution in [1.82, 2.24) is 4.98 Å². The molecule has 2 heterocycles. The number of carbonyl (C=O) groups excluding carboxylic acids is 1. The minimum absolute atomic E-state index is 0. The van der Waals surface area contributed by atoms with Crippen LogP contribution in [0.5, 0.6) is 0 Å². The van der Waals surface area contributed by atoms with Gasteiger partial charge in [0.25, 0.3) is 0 Å². The van der Waals surface area contributed by atoms with E-state index in [1.807, 2.05) is 30.3 Å². The van der Waals surface area contributed by atoms with E-state index in [2.05, 4.69) is 26.2 Å². The second-order valence-electron chi connectivity index (χ2n) is 5.56. The van der Waals surface area contributed by atoms with Crippen molar-refractivity contribution >= 4 is 51.0 Å². The van der Waals surface area contributed by atoms with Crippen molar-refractivity contribution in [2.24, 2.45) is 11.1 Å². The smallest absolute Gasteiger partial charge is 0.233 e. The van der Waals surface area contributed by atoms with Crippen LogP contribution in [-0.4, -0.2) is 30.6 Å². The number of rotatable bonds is 3. The van der Waals surface area contributed by atoms with Crippen molar-refractivity contribution in [2.45, 2.75) is 12.8 Å². The van der Waals surface area contributed by atoms with Crippen LogP contribution >= 0.6 is 28.3 Å². The zero-order valence-electron chi connectivity index (χ0n) is 12.5. The van der Waals surface area contributed by atoms with Gasteiger partial charge < -0.3 is 15.8 Å². The highest BCUT2D eigenvalue weighted by atomic mass is 79.9. The largest absolute Gasteiger partial charge is 0.381 e. The van der Waals surface area contributed by atoms with Gasteiger partial charge in [-0.05, 0) is 47.0 Å². The van der Waals surface area contributed by atoms with Crippen LogP contribution in [0.1, 0.15) is 12.8 Å². The molecular formula is C16H19BrClN3O2. The summed E-state index contributed by atoms with van der Waals surface area (Å²) in [7, 11) is 0. The lowest BCUT2D eigenvalue weighted by Crippen LogP contribution is -2.46. The zero-order chi connectivity index (χ0) is 15.6. The number of aromatic nitrogens is 1. The first-order valence-electron chi connectivity index (χ1n) is 7.29. The Morgan fingerprint density at radius 2 is 2.04 bits per heavy atom. The van der Waals surface area contributed by atoms with E-state index in [0.29, 0.717) is 38.4 Å². The Morgan fingerprint density at radius 3 is 2.74 bits per heavy atom. The van der Waals surface area contributed by atoms with E-state index < -0.39 is 5.41 Å². The van der Waals surface area contributed by atoms with Gasteiger partial charge in [-0.3, -0.25) is 4.79 Å².